The Morgan fingerprint density at radius 3 is 2.38 bits per heavy atom. The molecule has 1 heterocycles. The Kier molecular flexibility index (Phi) is 2.53. The molecule has 90 valence electrons. The van der Waals surface area contributed by atoms with Gasteiger partial charge in [-0.2, -0.15) is 0 Å². The van der Waals surface area contributed by atoms with Gasteiger partial charge in [0.2, 0.25) is 0 Å². The molecule has 0 radical (unpaired) electrons. The van der Waals surface area contributed by atoms with Gasteiger partial charge in [-0.3, -0.25) is 0 Å². The predicted octanol–water partition coefficient (Wildman–Crippen LogP) is 1.39. The lowest BCUT2D eigenvalue weighted by Crippen LogP contribution is -2.17. The van der Waals surface area contributed by atoms with Crippen LogP contribution in [0.4, 0.5) is 0 Å². The lowest BCUT2D eigenvalue weighted by molar-refractivity contribution is 0.457. The molecule has 16 heavy (non-hydrogen) atoms. The summed E-state index contributed by atoms with van der Waals surface area (Å²) in [7, 11) is 0. The fourth-order valence-electron chi connectivity index (χ4n) is 2.54. The summed E-state index contributed by atoms with van der Waals surface area (Å²) in [6.07, 6.45) is 0. The highest BCUT2D eigenvalue weighted by Gasteiger charge is 2.67. The Labute approximate surface area is 96.6 Å². The predicted molar refractivity (Wildman–Crippen MR) is 61.8 cm³/mol. The molecule has 0 aromatic carbocycles. The van der Waals surface area contributed by atoms with Gasteiger partial charge in [-0.15, -0.1) is 5.10 Å². The van der Waals surface area contributed by atoms with Crippen LogP contribution in [-0.4, -0.2) is 26.8 Å². The quantitative estimate of drug-likeness (QED) is 0.838. The van der Waals surface area contributed by atoms with Crippen LogP contribution >= 0.6 is 0 Å². The van der Waals surface area contributed by atoms with Gasteiger partial charge in [0.15, 0.2) is 5.82 Å². The van der Waals surface area contributed by atoms with E-state index in [2.05, 4.69) is 55.5 Å². The maximum Gasteiger partial charge on any atom is 0.165 e. The Hall–Kier alpha value is -0.970. The van der Waals surface area contributed by atoms with Crippen LogP contribution in [0.5, 0.6) is 0 Å². The second kappa shape index (κ2) is 3.52. The van der Waals surface area contributed by atoms with E-state index in [-0.39, 0.29) is 10.8 Å². The molecule has 1 aliphatic carbocycles. The number of aromatic nitrogens is 4. The average molecular weight is 223 g/mol. The van der Waals surface area contributed by atoms with Gasteiger partial charge in [0, 0.05) is 0 Å². The molecular formula is C11H21N5. The van der Waals surface area contributed by atoms with Crippen molar-refractivity contribution in [3.05, 3.63) is 5.82 Å². The van der Waals surface area contributed by atoms with Crippen LogP contribution in [0.1, 0.15) is 46.5 Å². The van der Waals surface area contributed by atoms with Crippen LogP contribution in [0.15, 0.2) is 0 Å². The van der Waals surface area contributed by atoms with E-state index in [0.717, 1.165) is 18.9 Å². The van der Waals surface area contributed by atoms with Gasteiger partial charge in [-0.05, 0) is 27.8 Å². The summed E-state index contributed by atoms with van der Waals surface area (Å²) in [5.74, 6) is 0.936. The molecule has 0 saturated heterocycles. The van der Waals surface area contributed by atoms with E-state index in [9.17, 15) is 0 Å². The molecule has 0 amide bonds. The maximum absolute atomic E-state index is 4.14. The highest BCUT2D eigenvalue weighted by atomic mass is 15.6. The molecule has 0 atom stereocenters. The van der Waals surface area contributed by atoms with Crippen molar-refractivity contribution in [3.63, 3.8) is 0 Å². The second-order valence-electron chi connectivity index (χ2n) is 5.67. The maximum atomic E-state index is 4.14. The van der Waals surface area contributed by atoms with Crippen LogP contribution < -0.4 is 5.32 Å². The SMILES string of the molecule is CCNCc1nnnn1C1C(C)(C)C1(C)C. The first-order valence-corrected chi connectivity index (χ1v) is 5.90. The largest absolute Gasteiger partial charge is 0.310 e. The van der Waals surface area contributed by atoms with Crippen LogP contribution in [0.3, 0.4) is 0 Å². The molecular weight excluding hydrogens is 202 g/mol. The van der Waals surface area contributed by atoms with Crippen molar-refractivity contribution in [2.45, 2.75) is 47.2 Å². The van der Waals surface area contributed by atoms with Crippen molar-refractivity contribution >= 4 is 0 Å². The van der Waals surface area contributed by atoms with Crippen molar-refractivity contribution in [1.82, 2.24) is 25.5 Å². The zero-order chi connectivity index (χ0) is 12.0. The standard InChI is InChI=1S/C11H21N5/c1-6-12-7-8-13-14-15-16(8)9-10(2,3)11(9,4)5/h9,12H,6-7H2,1-5H3. The first kappa shape index (κ1) is 11.5. The minimum absolute atomic E-state index is 0.267. The molecule has 1 aromatic heterocycles. The van der Waals surface area contributed by atoms with Gasteiger partial charge in [0.1, 0.15) is 0 Å². The third-order valence-electron chi connectivity index (χ3n) is 4.28. The molecule has 1 aromatic rings. The van der Waals surface area contributed by atoms with Gasteiger partial charge in [-0.25, -0.2) is 4.68 Å². The first-order valence-electron chi connectivity index (χ1n) is 5.90. The Morgan fingerprint density at radius 2 is 1.88 bits per heavy atom. The summed E-state index contributed by atoms with van der Waals surface area (Å²) in [6, 6.07) is 0.406. The van der Waals surface area contributed by atoms with E-state index < -0.39 is 0 Å². The van der Waals surface area contributed by atoms with E-state index in [1.165, 1.54) is 0 Å². The Bertz CT molecular complexity index is 365. The van der Waals surface area contributed by atoms with E-state index in [4.69, 9.17) is 0 Å². The van der Waals surface area contributed by atoms with Crippen LogP contribution in [0.2, 0.25) is 0 Å². The van der Waals surface area contributed by atoms with E-state index in [1.807, 2.05) is 4.68 Å². The lowest BCUT2D eigenvalue weighted by atomic mass is 10.0. The van der Waals surface area contributed by atoms with Crippen molar-refractivity contribution < 1.29 is 0 Å². The number of rotatable bonds is 4. The third kappa shape index (κ3) is 1.45. The lowest BCUT2D eigenvalue weighted by Gasteiger charge is -2.06. The van der Waals surface area contributed by atoms with Crippen molar-refractivity contribution in [3.8, 4) is 0 Å². The van der Waals surface area contributed by atoms with E-state index in [0.29, 0.717) is 6.04 Å². The summed E-state index contributed by atoms with van der Waals surface area (Å²) in [4.78, 5) is 0. The second-order valence-corrected chi connectivity index (χ2v) is 5.67. The van der Waals surface area contributed by atoms with Crippen LogP contribution in [0.25, 0.3) is 0 Å². The minimum atomic E-state index is 0.267. The highest BCUT2D eigenvalue weighted by molar-refractivity contribution is 5.16. The third-order valence-corrected chi connectivity index (χ3v) is 4.28. The fourth-order valence-corrected chi connectivity index (χ4v) is 2.54. The highest BCUT2D eigenvalue weighted by Crippen LogP contribution is 2.71. The topological polar surface area (TPSA) is 55.6 Å². The molecule has 0 unspecified atom stereocenters. The van der Waals surface area contributed by atoms with Crippen LogP contribution in [0, 0.1) is 10.8 Å². The summed E-state index contributed by atoms with van der Waals surface area (Å²) in [5.41, 5.74) is 0.534. The molecule has 1 N–H and O–H groups in total. The molecule has 5 nitrogen and oxygen atoms in total. The number of nitrogens with zero attached hydrogens (tertiary/aromatic N) is 4. The number of hydrogen-bond donors (Lipinski definition) is 1. The molecule has 0 spiro atoms. The van der Waals surface area contributed by atoms with Gasteiger partial charge >= 0.3 is 0 Å². The summed E-state index contributed by atoms with van der Waals surface area (Å²) < 4.78 is 1.99. The summed E-state index contributed by atoms with van der Waals surface area (Å²) in [6.45, 7) is 12.9. The molecule has 0 bridgehead atoms. The zero-order valence-electron chi connectivity index (χ0n) is 10.8. The molecule has 5 heteroatoms. The van der Waals surface area contributed by atoms with Crippen molar-refractivity contribution in [1.29, 1.82) is 0 Å². The Morgan fingerprint density at radius 1 is 1.25 bits per heavy atom. The van der Waals surface area contributed by atoms with Crippen molar-refractivity contribution in [2.75, 3.05) is 6.54 Å². The molecule has 0 aliphatic heterocycles. The van der Waals surface area contributed by atoms with Crippen LogP contribution in [-0.2, 0) is 6.54 Å². The zero-order valence-corrected chi connectivity index (χ0v) is 10.8. The fraction of sp³-hybridized carbons (Fsp3) is 0.909. The molecule has 1 aliphatic rings. The van der Waals surface area contributed by atoms with Gasteiger partial charge in [0.05, 0.1) is 12.6 Å². The van der Waals surface area contributed by atoms with Gasteiger partial charge in [-0.1, -0.05) is 34.6 Å². The minimum Gasteiger partial charge on any atom is -0.310 e. The summed E-state index contributed by atoms with van der Waals surface area (Å²) in [5, 5.41) is 15.3. The van der Waals surface area contributed by atoms with E-state index >= 15 is 0 Å². The average Bonchev–Trinajstić information content (AvgIpc) is 2.55. The van der Waals surface area contributed by atoms with Crippen molar-refractivity contribution in [2.24, 2.45) is 10.8 Å². The monoisotopic (exact) mass is 223 g/mol. The first-order chi connectivity index (χ1) is 7.43. The number of nitrogens with one attached hydrogen (secondary N) is 1. The summed E-state index contributed by atoms with van der Waals surface area (Å²) >= 11 is 0. The van der Waals surface area contributed by atoms with E-state index in [1.54, 1.807) is 0 Å². The smallest absolute Gasteiger partial charge is 0.165 e. The van der Waals surface area contributed by atoms with Gasteiger partial charge < -0.3 is 5.32 Å². The number of tetrazole rings is 1. The normalized spacial score (nSPS) is 22.3. The molecule has 1 fully saturated rings. The Balaban J connectivity index is 2.20. The molecule has 2 rings (SSSR count). The number of hydrogen-bond acceptors (Lipinski definition) is 4. The molecule has 1 saturated carbocycles. The van der Waals surface area contributed by atoms with Gasteiger partial charge in [0.25, 0.3) is 0 Å².